The zero-order chi connectivity index (χ0) is 17.8. The highest BCUT2D eigenvalue weighted by molar-refractivity contribution is 5.87. The summed E-state index contributed by atoms with van der Waals surface area (Å²) < 4.78 is 5.18. The maximum Gasteiger partial charge on any atom is 0.145 e. The van der Waals surface area contributed by atoms with Crippen molar-refractivity contribution in [3.05, 3.63) is 59.9 Å². The normalized spacial score (nSPS) is 12.5. The SMILES string of the molecule is COc1ccc([C@@H](CO)N(C)Cc2nc(N)c3ccccc3n2)cc1. The molecule has 130 valence electrons. The Kier molecular flexibility index (Phi) is 5.11. The van der Waals surface area contributed by atoms with E-state index >= 15 is 0 Å². The molecule has 3 rings (SSSR count). The number of likely N-dealkylation sites (N-methyl/N-ethyl adjacent to an activating group) is 1. The fraction of sp³-hybridized carbons (Fsp3) is 0.263. The quantitative estimate of drug-likeness (QED) is 0.718. The second-order valence-corrected chi connectivity index (χ2v) is 5.93. The van der Waals surface area contributed by atoms with Crippen LogP contribution in [0.25, 0.3) is 10.9 Å². The van der Waals surface area contributed by atoms with Gasteiger partial charge in [-0.05, 0) is 36.9 Å². The zero-order valence-corrected chi connectivity index (χ0v) is 14.4. The van der Waals surface area contributed by atoms with Gasteiger partial charge in [0.25, 0.3) is 0 Å². The zero-order valence-electron chi connectivity index (χ0n) is 14.4. The smallest absolute Gasteiger partial charge is 0.145 e. The number of hydrogen-bond acceptors (Lipinski definition) is 6. The van der Waals surface area contributed by atoms with E-state index in [1.165, 1.54) is 0 Å². The Morgan fingerprint density at radius 3 is 2.52 bits per heavy atom. The molecule has 1 atom stereocenters. The highest BCUT2D eigenvalue weighted by atomic mass is 16.5. The summed E-state index contributed by atoms with van der Waals surface area (Å²) in [6, 6.07) is 15.2. The van der Waals surface area contributed by atoms with Gasteiger partial charge in [-0.1, -0.05) is 24.3 Å². The lowest BCUT2D eigenvalue weighted by Gasteiger charge is -2.26. The highest BCUT2D eigenvalue weighted by Crippen LogP contribution is 2.24. The molecule has 2 aromatic carbocycles. The van der Waals surface area contributed by atoms with Gasteiger partial charge in [-0.15, -0.1) is 0 Å². The number of aliphatic hydroxyl groups excluding tert-OH is 1. The van der Waals surface area contributed by atoms with Crippen LogP contribution in [0.2, 0.25) is 0 Å². The van der Waals surface area contributed by atoms with Crippen molar-refractivity contribution in [2.45, 2.75) is 12.6 Å². The van der Waals surface area contributed by atoms with Crippen LogP contribution in [-0.4, -0.2) is 40.7 Å². The van der Waals surface area contributed by atoms with Crippen LogP contribution in [0.3, 0.4) is 0 Å². The minimum absolute atomic E-state index is 0.00804. The third-order valence-corrected chi connectivity index (χ3v) is 4.28. The van der Waals surface area contributed by atoms with E-state index in [-0.39, 0.29) is 12.6 Å². The molecule has 6 nitrogen and oxygen atoms in total. The lowest BCUT2D eigenvalue weighted by molar-refractivity contribution is 0.140. The van der Waals surface area contributed by atoms with Crippen molar-refractivity contribution in [2.24, 2.45) is 0 Å². The van der Waals surface area contributed by atoms with Crippen LogP contribution in [0, 0.1) is 0 Å². The number of hydrogen-bond donors (Lipinski definition) is 2. The van der Waals surface area contributed by atoms with Crippen molar-refractivity contribution in [3.8, 4) is 5.75 Å². The van der Waals surface area contributed by atoms with Crippen LogP contribution in [-0.2, 0) is 6.54 Å². The third-order valence-electron chi connectivity index (χ3n) is 4.28. The van der Waals surface area contributed by atoms with E-state index in [9.17, 15) is 5.11 Å². The number of rotatable bonds is 6. The molecule has 6 heteroatoms. The lowest BCUT2D eigenvalue weighted by Crippen LogP contribution is -2.28. The van der Waals surface area contributed by atoms with Gasteiger partial charge < -0.3 is 15.6 Å². The van der Waals surface area contributed by atoms with Gasteiger partial charge in [0.2, 0.25) is 0 Å². The third kappa shape index (κ3) is 3.70. The van der Waals surface area contributed by atoms with Crippen molar-refractivity contribution < 1.29 is 9.84 Å². The molecule has 0 aliphatic rings. The van der Waals surface area contributed by atoms with Crippen molar-refractivity contribution in [2.75, 3.05) is 26.5 Å². The molecule has 0 amide bonds. The van der Waals surface area contributed by atoms with Crippen LogP contribution in [0.4, 0.5) is 5.82 Å². The van der Waals surface area contributed by atoms with Gasteiger partial charge in [0.1, 0.15) is 17.4 Å². The van der Waals surface area contributed by atoms with Gasteiger partial charge in [0, 0.05) is 5.39 Å². The molecule has 0 bridgehead atoms. The first-order chi connectivity index (χ1) is 12.1. The number of ether oxygens (including phenoxy) is 1. The molecule has 25 heavy (non-hydrogen) atoms. The Morgan fingerprint density at radius 1 is 1.12 bits per heavy atom. The predicted molar refractivity (Wildman–Crippen MR) is 98.2 cm³/mol. The van der Waals surface area contributed by atoms with Crippen molar-refractivity contribution in [1.82, 2.24) is 14.9 Å². The summed E-state index contributed by atoms with van der Waals surface area (Å²) in [5.74, 6) is 1.89. The van der Waals surface area contributed by atoms with E-state index < -0.39 is 0 Å². The molecule has 0 fully saturated rings. The van der Waals surface area contributed by atoms with Gasteiger partial charge >= 0.3 is 0 Å². The van der Waals surface area contributed by atoms with Gasteiger partial charge in [-0.2, -0.15) is 0 Å². The number of aliphatic hydroxyl groups is 1. The van der Waals surface area contributed by atoms with E-state index in [4.69, 9.17) is 10.5 Å². The summed E-state index contributed by atoms with van der Waals surface area (Å²) in [5, 5.41) is 10.7. The maximum atomic E-state index is 9.84. The summed E-state index contributed by atoms with van der Waals surface area (Å²) in [7, 11) is 3.56. The van der Waals surface area contributed by atoms with Crippen LogP contribution in [0.1, 0.15) is 17.4 Å². The molecule has 0 aliphatic heterocycles. The molecule has 1 heterocycles. The maximum absolute atomic E-state index is 9.84. The van der Waals surface area contributed by atoms with Crippen molar-refractivity contribution in [1.29, 1.82) is 0 Å². The first-order valence-electron chi connectivity index (χ1n) is 8.08. The molecular weight excluding hydrogens is 316 g/mol. The Balaban J connectivity index is 1.82. The molecular formula is C19H22N4O2. The number of fused-ring (bicyclic) bond motifs is 1. The second kappa shape index (κ2) is 7.46. The Labute approximate surface area is 146 Å². The monoisotopic (exact) mass is 338 g/mol. The van der Waals surface area contributed by atoms with Gasteiger partial charge in [-0.3, -0.25) is 4.90 Å². The summed E-state index contributed by atoms with van der Waals surface area (Å²) >= 11 is 0. The van der Waals surface area contributed by atoms with E-state index in [2.05, 4.69) is 9.97 Å². The fourth-order valence-corrected chi connectivity index (χ4v) is 2.88. The van der Waals surface area contributed by atoms with E-state index in [1.54, 1.807) is 7.11 Å². The number of anilines is 1. The molecule has 0 spiro atoms. The van der Waals surface area contributed by atoms with Crippen molar-refractivity contribution >= 4 is 16.7 Å². The molecule has 0 aliphatic carbocycles. The minimum Gasteiger partial charge on any atom is -0.497 e. The average Bonchev–Trinajstić information content (AvgIpc) is 2.63. The summed E-state index contributed by atoms with van der Waals surface area (Å²) in [6.45, 7) is 0.470. The lowest BCUT2D eigenvalue weighted by atomic mass is 10.1. The first kappa shape index (κ1) is 17.1. The number of para-hydroxylation sites is 1. The number of methoxy groups -OCH3 is 1. The van der Waals surface area contributed by atoms with E-state index in [1.807, 2.05) is 60.5 Å². The molecule has 3 N–H and O–H groups in total. The van der Waals surface area contributed by atoms with Crippen molar-refractivity contribution in [3.63, 3.8) is 0 Å². The van der Waals surface area contributed by atoms with Crippen LogP contribution >= 0.6 is 0 Å². The Hall–Kier alpha value is -2.70. The molecule has 0 unspecified atom stereocenters. The molecule has 3 aromatic rings. The summed E-state index contributed by atoms with van der Waals surface area (Å²) in [5.41, 5.74) is 7.87. The first-order valence-corrected chi connectivity index (χ1v) is 8.08. The van der Waals surface area contributed by atoms with Gasteiger partial charge in [0.15, 0.2) is 0 Å². The molecule has 0 saturated heterocycles. The molecule has 0 radical (unpaired) electrons. The van der Waals surface area contributed by atoms with Crippen LogP contribution in [0.5, 0.6) is 5.75 Å². The van der Waals surface area contributed by atoms with E-state index in [0.717, 1.165) is 22.2 Å². The minimum atomic E-state index is -0.165. The number of nitrogens with zero attached hydrogens (tertiary/aromatic N) is 3. The number of nitrogens with two attached hydrogens (primary N) is 1. The van der Waals surface area contributed by atoms with Gasteiger partial charge in [-0.25, -0.2) is 9.97 Å². The number of nitrogen functional groups attached to an aromatic ring is 1. The van der Waals surface area contributed by atoms with E-state index in [0.29, 0.717) is 18.2 Å². The van der Waals surface area contributed by atoms with Gasteiger partial charge in [0.05, 0.1) is 31.8 Å². The number of aromatic nitrogens is 2. The Morgan fingerprint density at radius 2 is 1.84 bits per heavy atom. The second-order valence-electron chi connectivity index (χ2n) is 5.93. The number of benzene rings is 2. The Bertz CT molecular complexity index is 852. The highest BCUT2D eigenvalue weighted by Gasteiger charge is 2.18. The predicted octanol–water partition coefficient (Wildman–Crippen LogP) is 2.39. The molecule has 1 aromatic heterocycles. The standard InChI is InChI=1S/C19H22N4O2/c1-23(17(12-24)13-7-9-14(25-2)10-8-13)11-18-21-16-6-4-3-5-15(16)19(20)22-18/h3-10,17,24H,11-12H2,1-2H3,(H2,20,21,22)/t17-/m1/s1. The fourth-order valence-electron chi connectivity index (χ4n) is 2.88. The molecule has 0 saturated carbocycles. The van der Waals surface area contributed by atoms with Crippen LogP contribution < -0.4 is 10.5 Å². The van der Waals surface area contributed by atoms with Crippen LogP contribution in [0.15, 0.2) is 48.5 Å². The summed E-state index contributed by atoms with van der Waals surface area (Å²) in [6.07, 6.45) is 0. The largest absolute Gasteiger partial charge is 0.497 e. The average molecular weight is 338 g/mol. The summed E-state index contributed by atoms with van der Waals surface area (Å²) in [4.78, 5) is 11.0. The topological polar surface area (TPSA) is 84.5 Å².